The summed E-state index contributed by atoms with van der Waals surface area (Å²) in [5.74, 6) is 0.963. The topological polar surface area (TPSA) is 44.8 Å². The number of carbonyl (C=O) groups is 1. The van der Waals surface area contributed by atoms with Gasteiger partial charge in [-0.3, -0.25) is 4.90 Å². The van der Waals surface area contributed by atoms with Gasteiger partial charge in [0.25, 0.3) is 0 Å². The van der Waals surface area contributed by atoms with E-state index in [-0.39, 0.29) is 6.03 Å². The number of urea groups is 1. The Morgan fingerprint density at radius 1 is 1.24 bits per heavy atom. The predicted octanol–water partition coefficient (Wildman–Crippen LogP) is 3.39. The van der Waals surface area contributed by atoms with Crippen molar-refractivity contribution < 1.29 is 9.53 Å². The fourth-order valence-electron chi connectivity index (χ4n) is 3.86. The number of hydrogen-bond donors (Lipinski definition) is 1. The zero-order valence-corrected chi connectivity index (χ0v) is 15.5. The second-order valence-corrected chi connectivity index (χ2v) is 7.54. The molecule has 1 N–H and O–H groups in total. The van der Waals surface area contributed by atoms with Crippen molar-refractivity contribution in [3.05, 3.63) is 29.8 Å². The summed E-state index contributed by atoms with van der Waals surface area (Å²) in [6.07, 6.45) is 2.30. The van der Waals surface area contributed by atoms with Crippen LogP contribution in [0.5, 0.6) is 0 Å². The van der Waals surface area contributed by atoms with E-state index >= 15 is 0 Å². The number of amides is 2. The maximum absolute atomic E-state index is 12.8. The molecule has 1 unspecified atom stereocenters. The van der Waals surface area contributed by atoms with Crippen molar-refractivity contribution in [2.45, 2.75) is 32.6 Å². The van der Waals surface area contributed by atoms with E-state index in [4.69, 9.17) is 4.74 Å². The Morgan fingerprint density at radius 2 is 2.00 bits per heavy atom. The van der Waals surface area contributed by atoms with E-state index in [1.807, 2.05) is 23.1 Å². The molecular formula is C20H31N3O2. The highest BCUT2D eigenvalue weighted by molar-refractivity contribution is 5.90. The van der Waals surface area contributed by atoms with Gasteiger partial charge in [0.1, 0.15) is 0 Å². The van der Waals surface area contributed by atoms with Gasteiger partial charge in [0.2, 0.25) is 0 Å². The molecule has 1 aromatic carbocycles. The molecule has 5 heteroatoms. The van der Waals surface area contributed by atoms with Crippen LogP contribution in [0.3, 0.4) is 0 Å². The second kappa shape index (κ2) is 8.68. The summed E-state index contributed by atoms with van der Waals surface area (Å²) in [4.78, 5) is 17.2. The Labute approximate surface area is 151 Å². The van der Waals surface area contributed by atoms with Crippen molar-refractivity contribution in [2.75, 3.05) is 51.3 Å². The molecule has 0 aliphatic carbocycles. The lowest BCUT2D eigenvalue weighted by Gasteiger charge is -2.36. The lowest BCUT2D eigenvalue weighted by Crippen LogP contribution is -2.47. The lowest BCUT2D eigenvalue weighted by molar-refractivity contribution is 0.0252. The summed E-state index contributed by atoms with van der Waals surface area (Å²) in [6, 6.07) is 8.16. The zero-order chi connectivity index (χ0) is 17.6. The lowest BCUT2D eigenvalue weighted by atomic mass is 9.97. The minimum atomic E-state index is 0.0415. The molecule has 25 heavy (non-hydrogen) atoms. The third kappa shape index (κ3) is 4.95. The van der Waals surface area contributed by atoms with E-state index in [0.717, 1.165) is 58.0 Å². The van der Waals surface area contributed by atoms with Crippen LogP contribution in [0.1, 0.15) is 38.2 Å². The first-order chi connectivity index (χ1) is 12.1. The Balaban J connectivity index is 1.56. The summed E-state index contributed by atoms with van der Waals surface area (Å²) in [6.45, 7) is 10.8. The minimum absolute atomic E-state index is 0.0415. The number of nitrogens with zero attached hydrogens (tertiary/aromatic N) is 2. The van der Waals surface area contributed by atoms with Crippen molar-refractivity contribution in [1.29, 1.82) is 0 Å². The van der Waals surface area contributed by atoms with E-state index in [9.17, 15) is 4.79 Å². The standard InChI is InChI=1S/C20H31N3O2/c1-16(2)18-7-3-4-8-19(18)21-20(24)23-9-5-6-17(15-23)14-22-10-12-25-13-11-22/h3-4,7-8,16-17H,5-6,9-15H2,1-2H3,(H,21,24). The Hall–Kier alpha value is -1.59. The highest BCUT2D eigenvalue weighted by Crippen LogP contribution is 2.25. The van der Waals surface area contributed by atoms with Crippen molar-refractivity contribution in [3.8, 4) is 0 Å². The molecule has 0 spiro atoms. The van der Waals surface area contributed by atoms with Gasteiger partial charge >= 0.3 is 6.03 Å². The summed E-state index contributed by atoms with van der Waals surface area (Å²) in [5, 5.41) is 3.14. The maximum Gasteiger partial charge on any atom is 0.321 e. The third-order valence-corrected chi connectivity index (χ3v) is 5.25. The normalized spacial score (nSPS) is 22.2. The first kappa shape index (κ1) is 18.2. The van der Waals surface area contributed by atoms with Crippen LogP contribution >= 0.6 is 0 Å². The average molecular weight is 345 g/mol. The third-order valence-electron chi connectivity index (χ3n) is 5.25. The number of likely N-dealkylation sites (tertiary alicyclic amines) is 1. The molecule has 2 aliphatic rings. The van der Waals surface area contributed by atoms with Crippen LogP contribution < -0.4 is 5.32 Å². The van der Waals surface area contributed by atoms with Gasteiger partial charge in [-0.2, -0.15) is 0 Å². The van der Waals surface area contributed by atoms with Crippen molar-refractivity contribution >= 4 is 11.7 Å². The Morgan fingerprint density at radius 3 is 2.76 bits per heavy atom. The van der Waals surface area contributed by atoms with Crippen molar-refractivity contribution in [2.24, 2.45) is 5.92 Å². The van der Waals surface area contributed by atoms with Crippen LogP contribution in [0.4, 0.5) is 10.5 Å². The molecule has 2 fully saturated rings. The Kier molecular flexibility index (Phi) is 6.32. The first-order valence-electron chi connectivity index (χ1n) is 9.58. The van der Waals surface area contributed by atoms with E-state index in [0.29, 0.717) is 11.8 Å². The van der Waals surface area contributed by atoms with Crippen LogP contribution in [0.15, 0.2) is 24.3 Å². The van der Waals surface area contributed by atoms with Crippen LogP contribution in [-0.4, -0.2) is 61.8 Å². The van der Waals surface area contributed by atoms with E-state index in [2.05, 4.69) is 30.1 Å². The van der Waals surface area contributed by atoms with Crippen molar-refractivity contribution in [1.82, 2.24) is 9.80 Å². The maximum atomic E-state index is 12.8. The molecule has 2 heterocycles. The zero-order valence-electron chi connectivity index (χ0n) is 15.5. The number of ether oxygens (including phenoxy) is 1. The number of piperidine rings is 1. The fourth-order valence-corrected chi connectivity index (χ4v) is 3.86. The smallest absolute Gasteiger partial charge is 0.321 e. The quantitative estimate of drug-likeness (QED) is 0.910. The number of nitrogens with one attached hydrogen (secondary N) is 1. The van der Waals surface area contributed by atoms with Gasteiger partial charge in [0.15, 0.2) is 0 Å². The second-order valence-electron chi connectivity index (χ2n) is 7.54. The number of benzene rings is 1. The van der Waals surface area contributed by atoms with Gasteiger partial charge < -0.3 is 15.0 Å². The Bertz CT molecular complexity index is 570. The summed E-state index contributed by atoms with van der Waals surface area (Å²) in [5.41, 5.74) is 2.13. The number of carbonyl (C=O) groups excluding carboxylic acids is 1. The average Bonchev–Trinajstić information content (AvgIpc) is 2.63. The van der Waals surface area contributed by atoms with Crippen LogP contribution in [0, 0.1) is 5.92 Å². The van der Waals surface area contributed by atoms with Gasteiger partial charge in [0.05, 0.1) is 13.2 Å². The molecule has 2 amide bonds. The van der Waals surface area contributed by atoms with E-state index in [1.54, 1.807) is 0 Å². The van der Waals surface area contributed by atoms with Gasteiger partial charge in [0, 0.05) is 38.4 Å². The van der Waals surface area contributed by atoms with Gasteiger partial charge in [-0.1, -0.05) is 32.0 Å². The molecule has 0 bridgehead atoms. The fraction of sp³-hybridized carbons (Fsp3) is 0.650. The first-order valence-corrected chi connectivity index (χ1v) is 9.58. The molecular weight excluding hydrogens is 314 g/mol. The number of para-hydroxylation sites is 1. The monoisotopic (exact) mass is 345 g/mol. The SMILES string of the molecule is CC(C)c1ccccc1NC(=O)N1CCCC(CN2CCOCC2)C1. The molecule has 2 aliphatic heterocycles. The molecule has 0 radical (unpaired) electrons. The molecule has 1 aromatic rings. The van der Waals surface area contributed by atoms with Crippen molar-refractivity contribution in [3.63, 3.8) is 0 Å². The molecule has 2 saturated heterocycles. The molecule has 3 rings (SSSR count). The molecule has 5 nitrogen and oxygen atoms in total. The highest BCUT2D eigenvalue weighted by atomic mass is 16.5. The molecule has 0 saturated carbocycles. The molecule has 1 atom stereocenters. The minimum Gasteiger partial charge on any atom is -0.379 e. The van der Waals surface area contributed by atoms with Gasteiger partial charge in [-0.25, -0.2) is 4.79 Å². The summed E-state index contributed by atoms with van der Waals surface area (Å²) >= 11 is 0. The van der Waals surface area contributed by atoms with Crippen LogP contribution in [0.2, 0.25) is 0 Å². The van der Waals surface area contributed by atoms with Crippen LogP contribution in [0.25, 0.3) is 0 Å². The number of hydrogen-bond acceptors (Lipinski definition) is 3. The molecule has 0 aromatic heterocycles. The van der Waals surface area contributed by atoms with E-state index < -0.39 is 0 Å². The largest absolute Gasteiger partial charge is 0.379 e. The molecule has 138 valence electrons. The predicted molar refractivity (Wildman–Crippen MR) is 101 cm³/mol. The van der Waals surface area contributed by atoms with Gasteiger partial charge in [-0.15, -0.1) is 0 Å². The summed E-state index contributed by atoms with van der Waals surface area (Å²) < 4.78 is 5.43. The highest BCUT2D eigenvalue weighted by Gasteiger charge is 2.26. The van der Waals surface area contributed by atoms with Gasteiger partial charge in [-0.05, 0) is 36.3 Å². The van der Waals surface area contributed by atoms with E-state index in [1.165, 1.54) is 12.0 Å². The summed E-state index contributed by atoms with van der Waals surface area (Å²) in [7, 11) is 0. The number of morpholine rings is 1. The number of rotatable bonds is 4. The van der Waals surface area contributed by atoms with Crippen LogP contribution in [-0.2, 0) is 4.74 Å². The number of anilines is 1.